The number of hydrogen-bond acceptors (Lipinski definition) is 2. The predicted octanol–water partition coefficient (Wildman–Crippen LogP) is 5.58. The average Bonchev–Trinajstić information content (AvgIpc) is 2.47. The zero-order valence-electron chi connectivity index (χ0n) is 14.3. The molecule has 1 fully saturated rings. The molecule has 0 radical (unpaired) electrons. The molecule has 2 nitrogen and oxygen atoms in total. The van der Waals surface area contributed by atoms with Gasteiger partial charge in [0.15, 0.2) is 0 Å². The van der Waals surface area contributed by atoms with E-state index in [9.17, 15) is 0 Å². The second-order valence-electron chi connectivity index (χ2n) is 7.29. The van der Waals surface area contributed by atoms with Crippen LogP contribution in [-0.4, -0.2) is 29.6 Å². The molecule has 0 aromatic heterocycles. The summed E-state index contributed by atoms with van der Waals surface area (Å²) < 4.78 is 6.44. The van der Waals surface area contributed by atoms with Gasteiger partial charge in [-0.1, -0.05) is 53.5 Å². The van der Waals surface area contributed by atoms with E-state index >= 15 is 0 Å². The smallest absolute Gasteiger partial charge is 0.109 e. The molecule has 1 heterocycles. The van der Waals surface area contributed by atoms with Gasteiger partial charge >= 0.3 is 0 Å². The van der Waals surface area contributed by atoms with Crippen molar-refractivity contribution in [2.24, 2.45) is 0 Å². The van der Waals surface area contributed by atoms with E-state index in [1.807, 2.05) is 48.5 Å². The lowest BCUT2D eigenvalue weighted by atomic mass is 9.97. The number of halogens is 2. The monoisotopic (exact) mass is 363 g/mol. The number of hydrogen-bond donors (Lipinski definition) is 0. The highest BCUT2D eigenvalue weighted by molar-refractivity contribution is 6.31. The van der Waals surface area contributed by atoms with Gasteiger partial charge in [-0.15, -0.1) is 0 Å². The maximum absolute atomic E-state index is 6.44. The molecule has 1 aliphatic heterocycles. The SMILES string of the molecule is CC(C)(C)N1CC(O[C@@H](c2ccc(Cl)cc2)c2ccccc2Cl)C1. The van der Waals surface area contributed by atoms with Crippen LogP contribution in [0.5, 0.6) is 0 Å². The van der Waals surface area contributed by atoms with E-state index in [4.69, 9.17) is 27.9 Å². The Balaban J connectivity index is 1.82. The fourth-order valence-corrected chi connectivity index (χ4v) is 3.28. The lowest BCUT2D eigenvalue weighted by molar-refractivity contribution is -0.109. The second-order valence-corrected chi connectivity index (χ2v) is 8.13. The Morgan fingerprint density at radius 1 is 1.00 bits per heavy atom. The molecule has 0 spiro atoms. The largest absolute Gasteiger partial charge is 0.363 e. The van der Waals surface area contributed by atoms with Gasteiger partial charge < -0.3 is 4.74 Å². The van der Waals surface area contributed by atoms with Crippen molar-refractivity contribution >= 4 is 23.2 Å². The molecule has 0 amide bonds. The highest BCUT2D eigenvalue weighted by atomic mass is 35.5. The molecule has 1 saturated heterocycles. The van der Waals surface area contributed by atoms with Crippen LogP contribution in [0.4, 0.5) is 0 Å². The van der Waals surface area contributed by atoms with E-state index in [0.29, 0.717) is 0 Å². The molecule has 0 unspecified atom stereocenters. The van der Waals surface area contributed by atoms with E-state index in [1.54, 1.807) is 0 Å². The molecule has 2 aromatic rings. The van der Waals surface area contributed by atoms with Gasteiger partial charge in [-0.2, -0.15) is 0 Å². The van der Waals surface area contributed by atoms with Crippen LogP contribution in [0.1, 0.15) is 38.0 Å². The Morgan fingerprint density at radius 3 is 2.21 bits per heavy atom. The predicted molar refractivity (Wildman–Crippen MR) is 101 cm³/mol. The Morgan fingerprint density at radius 2 is 1.62 bits per heavy atom. The number of rotatable bonds is 4. The summed E-state index contributed by atoms with van der Waals surface area (Å²) in [6.07, 6.45) is 0.0317. The van der Waals surface area contributed by atoms with Crippen molar-refractivity contribution in [3.05, 3.63) is 69.7 Å². The van der Waals surface area contributed by atoms with Gasteiger partial charge in [0.1, 0.15) is 6.10 Å². The minimum Gasteiger partial charge on any atom is -0.363 e. The maximum atomic E-state index is 6.44. The molecule has 2 aromatic carbocycles. The van der Waals surface area contributed by atoms with E-state index in [1.165, 1.54) is 0 Å². The van der Waals surface area contributed by atoms with Gasteiger partial charge in [-0.25, -0.2) is 0 Å². The first kappa shape index (κ1) is 17.8. The Labute approximate surface area is 154 Å². The van der Waals surface area contributed by atoms with Crippen molar-refractivity contribution < 1.29 is 4.74 Å². The summed E-state index contributed by atoms with van der Waals surface area (Å²) in [6.45, 7) is 8.58. The molecule has 128 valence electrons. The third-order valence-corrected chi connectivity index (χ3v) is 5.08. The quantitative estimate of drug-likeness (QED) is 0.702. The zero-order chi connectivity index (χ0) is 17.3. The number of benzene rings is 2. The van der Waals surface area contributed by atoms with Crippen LogP contribution in [0.15, 0.2) is 48.5 Å². The summed E-state index contributed by atoms with van der Waals surface area (Å²) >= 11 is 12.5. The van der Waals surface area contributed by atoms with Gasteiger partial charge in [0, 0.05) is 34.2 Å². The van der Waals surface area contributed by atoms with Crippen LogP contribution < -0.4 is 0 Å². The molecular formula is C20H23Cl2NO. The van der Waals surface area contributed by atoms with E-state index < -0.39 is 0 Å². The number of likely N-dealkylation sites (tertiary alicyclic amines) is 1. The van der Waals surface area contributed by atoms with E-state index in [-0.39, 0.29) is 17.7 Å². The van der Waals surface area contributed by atoms with Crippen molar-refractivity contribution in [2.45, 2.75) is 38.5 Å². The summed E-state index contributed by atoms with van der Waals surface area (Å²) in [5.41, 5.74) is 2.25. The summed E-state index contributed by atoms with van der Waals surface area (Å²) in [5.74, 6) is 0. The summed E-state index contributed by atoms with van der Waals surface area (Å²) in [6, 6.07) is 15.7. The molecule has 1 atom stereocenters. The first-order chi connectivity index (χ1) is 11.3. The van der Waals surface area contributed by atoms with Gasteiger partial charge in [0.2, 0.25) is 0 Å². The lowest BCUT2D eigenvalue weighted by Gasteiger charge is -2.48. The molecule has 0 saturated carbocycles. The third-order valence-electron chi connectivity index (χ3n) is 4.49. The van der Waals surface area contributed by atoms with Crippen molar-refractivity contribution in [2.75, 3.05) is 13.1 Å². The molecule has 0 aliphatic carbocycles. The van der Waals surface area contributed by atoms with Crippen molar-refractivity contribution in [1.82, 2.24) is 4.90 Å². The maximum Gasteiger partial charge on any atom is 0.109 e. The third kappa shape index (κ3) is 3.94. The van der Waals surface area contributed by atoms with Gasteiger partial charge in [-0.05, 0) is 44.5 Å². The second kappa shape index (κ2) is 7.05. The zero-order valence-corrected chi connectivity index (χ0v) is 15.8. The summed E-state index contributed by atoms with van der Waals surface area (Å²) in [7, 11) is 0. The van der Waals surface area contributed by atoms with Crippen LogP contribution in [0, 0.1) is 0 Å². The Hall–Kier alpha value is -1.06. The van der Waals surface area contributed by atoms with Gasteiger partial charge in [-0.3, -0.25) is 4.90 Å². The molecule has 0 N–H and O–H groups in total. The molecule has 1 aliphatic rings. The van der Waals surface area contributed by atoms with E-state index in [0.717, 1.165) is 34.3 Å². The van der Waals surface area contributed by atoms with Crippen molar-refractivity contribution in [1.29, 1.82) is 0 Å². The average molecular weight is 364 g/mol. The summed E-state index contributed by atoms with van der Waals surface area (Å²) in [4.78, 5) is 2.42. The Bertz CT molecular complexity index is 688. The minimum absolute atomic E-state index is 0.178. The minimum atomic E-state index is -0.178. The first-order valence-electron chi connectivity index (χ1n) is 8.25. The molecule has 24 heavy (non-hydrogen) atoms. The highest BCUT2D eigenvalue weighted by Gasteiger charge is 2.37. The number of ether oxygens (including phenoxy) is 1. The lowest BCUT2D eigenvalue weighted by Crippen LogP contribution is -2.59. The van der Waals surface area contributed by atoms with Crippen molar-refractivity contribution in [3.63, 3.8) is 0 Å². The molecule has 4 heteroatoms. The van der Waals surface area contributed by atoms with Crippen LogP contribution in [-0.2, 0) is 4.74 Å². The normalized spacial score (nSPS) is 17.5. The molecule has 3 rings (SSSR count). The molecule has 0 bridgehead atoms. The Kier molecular flexibility index (Phi) is 5.22. The standard InChI is InChI=1S/C20H23Cl2NO/c1-20(2,3)23-12-16(13-23)24-19(14-8-10-15(21)11-9-14)17-6-4-5-7-18(17)22/h4-11,16,19H,12-13H2,1-3H3/t19-/m0/s1. The highest BCUT2D eigenvalue weighted by Crippen LogP contribution is 2.35. The fraction of sp³-hybridized carbons (Fsp3) is 0.400. The van der Waals surface area contributed by atoms with Gasteiger partial charge in [0.25, 0.3) is 0 Å². The summed E-state index contributed by atoms with van der Waals surface area (Å²) in [5, 5.41) is 1.45. The fourth-order valence-electron chi connectivity index (χ4n) is 2.92. The first-order valence-corrected chi connectivity index (χ1v) is 9.00. The van der Waals surface area contributed by atoms with Crippen LogP contribution >= 0.6 is 23.2 Å². The van der Waals surface area contributed by atoms with Crippen LogP contribution in [0.25, 0.3) is 0 Å². The number of nitrogens with zero attached hydrogens (tertiary/aromatic N) is 1. The topological polar surface area (TPSA) is 12.5 Å². The van der Waals surface area contributed by atoms with Crippen molar-refractivity contribution in [3.8, 4) is 0 Å². The van der Waals surface area contributed by atoms with E-state index in [2.05, 4.69) is 25.7 Å². The van der Waals surface area contributed by atoms with Crippen LogP contribution in [0.3, 0.4) is 0 Å². The molecular weight excluding hydrogens is 341 g/mol. The van der Waals surface area contributed by atoms with Crippen LogP contribution in [0.2, 0.25) is 10.0 Å². The van der Waals surface area contributed by atoms with Gasteiger partial charge in [0.05, 0.1) is 6.10 Å².